The molecule has 6 nitrogen and oxygen atoms in total. The molecule has 5 aromatic rings. The van der Waals surface area contributed by atoms with Crippen LogP contribution in [0.3, 0.4) is 0 Å². The van der Waals surface area contributed by atoms with Gasteiger partial charge in [0.2, 0.25) is 0 Å². The Labute approximate surface area is 198 Å². The Morgan fingerprint density at radius 3 is 2.44 bits per heavy atom. The molecular formula is C28H25N5O. The van der Waals surface area contributed by atoms with Crippen molar-refractivity contribution in [3.05, 3.63) is 96.3 Å². The number of carbonyl (C=O) groups is 1. The van der Waals surface area contributed by atoms with Gasteiger partial charge in [0.1, 0.15) is 0 Å². The highest BCUT2D eigenvalue weighted by molar-refractivity contribution is 6.07. The number of hydrazone groups is 1. The summed E-state index contributed by atoms with van der Waals surface area (Å²) in [6.07, 6.45) is 1.61. The van der Waals surface area contributed by atoms with Gasteiger partial charge in [-0.3, -0.25) is 4.79 Å². The van der Waals surface area contributed by atoms with Crippen LogP contribution in [0.15, 0.2) is 90.0 Å². The first kappa shape index (κ1) is 21.5. The van der Waals surface area contributed by atoms with Gasteiger partial charge in [-0.05, 0) is 30.2 Å². The zero-order chi connectivity index (χ0) is 23.5. The molecule has 34 heavy (non-hydrogen) atoms. The largest absolute Gasteiger partial charge is 0.323 e. The summed E-state index contributed by atoms with van der Waals surface area (Å²) in [5.41, 5.74) is 7.63. The summed E-state index contributed by atoms with van der Waals surface area (Å²) in [7, 11) is 0. The maximum Gasteiger partial charge on any atom is 0.272 e. The fourth-order valence-electron chi connectivity index (χ4n) is 4.08. The number of fused-ring (bicyclic) bond motifs is 2. The number of carbonyl (C=O) groups excluding carboxylic acids is 1. The molecule has 1 amide bonds. The average molecular weight is 448 g/mol. The van der Waals surface area contributed by atoms with E-state index in [-0.39, 0.29) is 5.91 Å². The van der Waals surface area contributed by atoms with Gasteiger partial charge in [-0.15, -0.1) is 0 Å². The fourth-order valence-corrected chi connectivity index (χ4v) is 4.08. The van der Waals surface area contributed by atoms with Crippen LogP contribution in [0.4, 0.5) is 0 Å². The van der Waals surface area contributed by atoms with Gasteiger partial charge >= 0.3 is 0 Å². The van der Waals surface area contributed by atoms with Crippen LogP contribution in [0, 0.1) is 5.92 Å². The standard InChI is InChI=1S/C28H25N5O/c1-19(2)18-33-26-15-9-8-14-24(26)31-27(33)17-29-32-28(34)22-16-25(20-10-4-3-5-11-20)30-23-13-7-6-12-21(22)23/h3-17,19H,18H2,1-2H3,(H,32,34)/b29-17+. The maximum absolute atomic E-state index is 13.2. The summed E-state index contributed by atoms with van der Waals surface area (Å²) in [5.74, 6) is 0.859. The predicted octanol–water partition coefficient (Wildman–Crippen LogP) is 5.67. The van der Waals surface area contributed by atoms with E-state index in [2.05, 4.69) is 35.0 Å². The number of imidazole rings is 1. The summed E-state index contributed by atoms with van der Waals surface area (Å²) < 4.78 is 2.13. The highest BCUT2D eigenvalue weighted by Gasteiger charge is 2.14. The van der Waals surface area contributed by atoms with E-state index in [1.54, 1.807) is 6.21 Å². The average Bonchev–Trinajstić information content (AvgIpc) is 3.20. The molecule has 0 saturated heterocycles. The second-order valence-corrected chi connectivity index (χ2v) is 8.60. The number of rotatable bonds is 6. The first-order chi connectivity index (χ1) is 16.6. The maximum atomic E-state index is 13.2. The predicted molar refractivity (Wildman–Crippen MR) is 137 cm³/mol. The molecule has 3 aromatic carbocycles. The van der Waals surface area contributed by atoms with E-state index in [1.807, 2.05) is 78.9 Å². The lowest BCUT2D eigenvalue weighted by molar-refractivity contribution is 0.0956. The Balaban J connectivity index is 1.47. The molecule has 2 aromatic heterocycles. The van der Waals surface area contributed by atoms with Crippen LogP contribution in [0.2, 0.25) is 0 Å². The van der Waals surface area contributed by atoms with Crippen LogP contribution in [0.1, 0.15) is 30.0 Å². The highest BCUT2D eigenvalue weighted by atomic mass is 16.2. The number of nitrogens with one attached hydrogen (secondary N) is 1. The van der Waals surface area contributed by atoms with Gasteiger partial charge in [0, 0.05) is 17.5 Å². The van der Waals surface area contributed by atoms with Gasteiger partial charge in [0.15, 0.2) is 5.82 Å². The summed E-state index contributed by atoms with van der Waals surface area (Å²) in [4.78, 5) is 22.6. The van der Waals surface area contributed by atoms with Crippen molar-refractivity contribution in [3.8, 4) is 11.3 Å². The lowest BCUT2D eigenvalue weighted by atomic mass is 10.0. The Kier molecular flexibility index (Phi) is 5.87. The van der Waals surface area contributed by atoms with E-state index >= 15 is 0 Å². The highest BCUT2D eigenvalue weighted by Crippen LogP contribution is 2.25. The molecule has 0 spiro atoms. The topological polar surface area (TPSA) is 72.2 Å². The van der Waals surface area contributed by atoms with E-state index in [0.29, 0.717) is 17.3 Å². The molecule has 0 atom stereocenters. The number of aromatic nitrogens is 3. The van der Waals surface area contributed by atoms with E-state index in [1.165, 1.54) is 0 Å². The number of hydrogen-bond donors (Lipinski definition) is 1. The molecule has 0 aliphatic carbocycles. The van der Waals surface area contributed by atoms with E-state index in [9.17, 15) is 4.79 Å². The van der Waals surface area contributed by atoms with Gasteiger partial charge in [-0.25, -0.2) is 15.4 Å². The number of nitrogens with zero attached hydrogens (tertiary/aromatic N) is 4. The molecule has 6 heteroatoms. The Morgan fingerprint density at radius 2 is 1.65 bits per heavy atom. The van der Waals surface area contributed by atoms with Crippen molar-refractivity contribution < 1.29 is 4.79 Å². The minimum atomic E-state index is -0.293. The first-order valence-corrected chi connectivity index (χ1v) is 11.3. The summed E-state index contributed by atoms with van der Waals surface area (Å²) in [6, 6.07) is 27.3. The molecule has 0 saturated carbocycles. The van der Waals surface area contributed by atoms with Crippen molar-refractivity contribution in [3.63, 3.8) is 0 Å². The molecule has 5 rings (SSSR count). The number of para-hydroxylation sites is 3. The molecular weight excluding hydrogens is 422 g/mol. The number of pyridine rings is 1. The van der Waals surface area contributed by atoms with Crippen molar-refractivity contribution in [2.45, 2.75) is 20.4 Å². The second-order valence-electron chi connectivity index (χ2n) is 8.60. The summed E-state index contributed by atoms with van der Waals surface area (Å²) in [6.45, 7) is 5.14. The van der Waals surface area contributed by atoms with Crippen molar-refractivity contribution >= 4 is 34.1 Å². The quantitative estimate of drug-likeness (QED) is 0.269. The van der Waals surface area contributed by atoms with Gasteiger partial charge in [-0.2, -0.15) is 5.10 Å². The van der Waals surface area contributed by atoms with E-state index < -0.39 is 0 Å². The van der Waals surface area contributed by atoms with Crippen molar-refractivity contribution in [2.75, 3.05) is 0 Å². The Hall–Kier alpha value is -4.32. The van der Waals surface area contributed by atoms with Crippen LogP contribution in [-0.4, -0.2) is 26.7 Å². The van der Waals surface area contributed by atoms with Gasteiger partial charge < -0.3 is 4.57 Å². The molecule has 0 fully saturated rings. The fraction of sp³-hybridized carbons (Fsp3) is 0.143. The lowest BCUT2D eigenvalue weighted by Gasteiger charge is -2.10. The molecule has 0 aliphatic rings. The third-order valence-corrected chi connectivity index (χ3v) is 5.61. The number of benzene rings is 3. The second kappa shape index (κ2) is 9.27. The third-order valence-electron chi connectivity index (χ3n) is 5.61. The molecule has 0 radical (unpaired) electrons. The lowest BCUT2D eigenvalue weighted by Crippen LogP contribution is -2.19. The van der Waals surface area contributed by atoms with Crippen LogP contribution >= 0.6 is 0 Å². The monoisotopic (exact) mass is 447 g/mol. The third kappa shape index (κ3) is 4.30. The van der Waals surface area contributed by atoms with E-state index in [4.69, 9.17) is 9.97 Å². The molecule has 0 aliphatic heterocycles. The van der Waals surface area contributed by atoms with Crippen LogP contribution in [0.25, 0.3) is 33.2 Å². The smallest absolute Gasteiger partial charge is 0.272 e. The molecule has 2 heterocycles. The van der Waals surface area contributed by atoms with E-state index in [0.717, 1.165) is 39.7 Å². The van der Waals surface area contributed by atoms with Crippen LogP contribution in [0.5, 0.6) is 0 Å². The minimum Gasteiger partial charge on any atom is -0.323 e. The van der Waals surface area contributed by atoms with Crippen molar-refractivity contribution in [2.24, 2.45) is 11.0 Å². The van der Waals surface area contributed by atoms with Gasteiger partial charge in [0.05, 0.1) is 34.0 Å². The number of hydrogen-bond acceptors (Lipinski definition) is 4. The minimum absolute atomic E-state index is 0.293. The Morgan fingerprint density at radius 1 is 0.941 bits per heavy atom. The van der Waals surface area contributed by atoms with Gasteiger partial charge in [0.25, 0.3) is 5.91 Å². The zero-order valence-corrected chi connectivity index (χ0v) is 19.1. The first-order valence-electron chi connectivity index (χ1n) is 11.3. The summed E-state index contributed by atoms with van der Waals surface area (Å²) >= 11 is 0. The molecule has 0 bridgehead atoms. The normalized spacial score (nSPS) is 11.6. The van der Waals surface area contributed by atoms with Crippen molar-refractivity contribution in [1.82, 2.24) is 20.0 Å². The molecule has 1 N–H and O–H groups in total. The SMILES string of the molecule is CC(C)Cn1c(/C=N/NC(=O)c2cc(-c3ccccc3)nc3ccccc23)nc2ccccc21. The molecule has 168 valence electrons. The molecule has 0 unspecified atom stereocenters. The van der Waals surface area contributed by atoms with Crippen LogP contribution in [-0.2, 0) is 6.54 Å². The number of amides is 1. The van der Waals surface area contributed by atoms with Crippen LogP contribution < -0.4 is 5.43 Å². The van der Waals surface area contributed by atoms with Crippen molar-refractivity contribution in [1.29, 1.82) is 0 Å². The summed E-state index contributed by atoms with van der Waals surface area (Å²) in [5, 5.41) is 5.04. The Bertz CT molecular complexity index is 1500. The van der Waals surface area contributed by atoms with Gasteiger partial charge in [-0.1, -0.05) is 74.5 Å². The zero-order valence-electron chi connectivity index (χ0n) is 19.1.